The summed E-state index contributed by atoms with van der Waals surface area (Å²) >= 11 is 0. The predicted octanol–water partition coefficient (Wildman–Crippen LogP) is 4.05. The first-order valence-electron chi connectivity index (χ1n) is 11.4. The van der Waals surface area contributed by atoms with E-state index in [1.54, 1.807) is 13.4 Å². The second-order valence-corrected chi connectivity index (χ2v) is 8.81. The maximum atomic E-state index is 12.4. The van der Waals surface area contributed by atoms with E-state index in [2.05, 4.69) is 26.6 Å². The zero-order valence-electron chi connectivity index (χ0n) is 19.0. The molecule has 2 bridgehead atoms. The highest BCUT2D eigenvalue weighted by molar-refractivity contribution is 5.89. The highest BCUT2D eigenvalue weighted by Gasteiger charge is 2.41. The minimum atomic E-state index is -0.186. The van der Waals surface area contributed by atoms with Crippen molar-refractivity contribution in [3.8, 4) is 17.2 Å². The van der Waals surface area contributed by atoms with Crippen molar-refractivity contribution in [3.05, 3.63) is 60.2 Å². The quantitative estimate of drug-likeness (QED) is 0.592. The third-order valence-corrected chi connectivity index (χ3v) is 6.74. The number of anilines is 1. The number of carbonyl (C=O) groups excluding carboxylic acids is 1. The summed E-state index contributed by atoms with van der Waals surface area (Å²) in [5, 5.41) is 5.93. The first kappa shape index (κ1) is 21.5. The van der Waals surface area contributed by atoms with Crippen molar-refractivity contribution in [2.24, 2.45) is 5.92 Å². The van der Waals surface area contributed by atoms with Crippen LogP contribution in [0.25, 0.3) is 11.5 Å². The molecule has 5 heterocycles. The lowest BCUT2D eigenvalue weighted by molar-refractivity contribution is 0.0307. The van der Waals surface area contributed by atoms with Gasteiger partial charge in [0.1, 0.15) is 17.3 Å². The predicted molar refractivity (Wildman–Crippen MR) is 125 cm³/mol. The zero-order valence-corrected chi connectivity index (χ0v) is 19.0. The molecule has 3 saturated heterocycles. The van der Waals surface area contributed by atoms with Gasteiger partial charge in [-0.05, 0) is 74.7 Å². The maximum Gasteiger partial charge on any atom is 0.319 e. The van der Waals surface area contributed by atoms with Crippen LogP contribution in [0.2, 0.25) is 0 Å². The van der Waals surface area contributed by atoms with Crippen molar-refractivity contribution < 1.29 is 13.9 Å². The Bertz CT molecular complexity index is 1100. The Hall–Kier alpha value is -3.39. The highest BCUT2D eigenvalue weighted by Crippen LogP contribution is 2.41. The number of aromatic nitrogens is 2. The molecule has 2 N–H and O–H groups in total. The molecule has 2 amide bonds. The van der Waals surface area contributed by atoms with Gasteiger partial charge in [-0.15, -0.1) is 0 Å². The second-order valence-electron chi connectivity index (χ2n) is 8.81. The number of piperidine rings is 3. The molecule has 4 unspecified atom stereocenters. The number of nitrogens with one attached hydrogen (secondary N) is 2. The number of nitrogens with zero attached hydrogens (tertiary/aromatic N) is 3. The zero-order chi connectivity index (χ0) is 22.8. The van der Waals surface area contributed by atoms with Crippen LogP contribution in [0.1, 0.15) is 30.3 Å². The maximum absolute atomic E-state index is 12.4. The van der Waals surface area contributed by atoms with Crippen LogP contribution in [0.15, 0.2) is 53.1 Å². The Labute approximate surface area is 193 Å². The molecule has 3 fully saturated rings. The summed E-state index contributed by atoms with van der Waals surface area (Å²) in [7, 11) is 1.62. The first-order chi connectivity index (χ1) is 16.1. The van der Waals surface area contributed by atoms with E-state index in [0.29, 0.717) is 24.4 Å². The summed E-state index contributed by atoms with van der Waals surface area (Å²) in [6.07, 6.45) is 3.87. The van der Waals surface area contributed by atoms with Crippen molar-refractivity contribution in [2.45, 2.75) is 31.7 Å². The van der Waals surface area contributed by atoms with Crippen molar-refractivity contribution >= 4 is 11.7 Å². The molecular weight excluding hydrogens is 418 g/mol. The van der Waals surface area contributed by atoms with Crippen LogP contribution < -0.4 is 15.4 Å². The SMILES string of the molecule is COc1ccc(NC(=O)NCC2CC3CCN2CC3c2cc(-c3ccco3)nc(C)n2)cc1. The van der Waals surface area contributed by atoms with Gasteiger partial charge in [0.15, 0.2) is 5.76 Å². The van der Waals surface area contributed by atoms with E-state index in [1.807, 2.05) is 43.3 Å². The van der Waals surface area contributed by atoms with Gasteiger partial charge in [-0.25, -0.2) is 14.8 Å². The fourth-order valence-electron chi connectivity index (χ4n) is 5.08. The van der Waals surface area contributed by atoms with E-state index in [9.17, 15) is 4.79 Å². The van der Waals surface area contributed by atoms with Crippen LogP contribution in [0, 0.1) is 12.8 Å². The average Bonchev–Trinajstić information content (AvgIpc) is 3.38. The standard InChI is InChI=1S/C25H29N5O3/c1-16-27-22(13-23(28-16)24-4-3-11-33-24)21-15-30-10-9-17(21)12-19(30)14-26-25(31)29-18-5-7-20(32-2)8-6-18/h3-8,11,13,17,19,21H,9-10,12,14-15H2,1-2H3,(H2,26,29,31). The molecule has 8 nitrogen and oxygen atoms in total. The first-order valence-corrected chi connectivity index (χ1v) is 11.4. The summed E-state index contributed by atoms with van der Waals surface area (Å²) in [6.45, 7) is 4.57. The number of aryl methyl sites for hydroxylation is 1. The molecule has 3 aromatic rings. The third-order valence-electron chi connectivity index (χ3n) is 6.74. The molecule has 172 valence electrons. The van der Waals surface area contributed by atoms with Gasteiger partial charge in [-0.1, -0.05) is 0 Å². The Morgan fingerprint density at radius 3 is 2.79 bits per heavy atom. The van der Waals surface area contributed by atoms with Gasteiger partial charge in [0.25, 0.3) is 0 Å². The van der Waals surface area contributed by atoms with Gasteiger partial charge in [-0.2, -0.15) is 0 Å². The van der Waals surface area contributed by atoms with E-state index < -0.39 is 0 Å². The summed E-state index contributed by atoms with van der Waals surface area (Å²) in [4.78, 5) is 24.2. The molecular formula is C25H29N5O3. The van der Waals surface area contributed by atoms with Gasteiger partial charge in [0, 0.05) is 36.4 Å². The number of hydrogen-bond donors (Lipinski definition) is 2. The molecule has 1 aromatic carbocycles. The Morgan fingerprint density at radius 1 is 1.24 bits per heavy atom. The Balaban J connectivity index is 1.20. The van der Waals surface area contributed by atoms with Gasteiger partial charge in [-0.3, -0.25) is 4.90 Å². The molecule has 0 aliphatic carbocycles. The molecule has 0 radical (unpaired) electrons. The minimum Gasteiger partial charge on any atom is -0.497 e. The van der Waals surface area contributed by atoms with Crippen LogP contribution in [0.3, 0.4) is 0 Å². The largest absolute Gasteiger partial charge is 0.497 e. The number of fused-ring (bicyclic) bond motifs is 3. The summed E-state index contributed by atoms with van der Waals surface area (Å²) in [6, 6.07) is 13.4. The molecule has 0 spiro atoms. The van der Waals surface area contributed by atoms with E-state index in [4.69, 9.17) is 14.1 Å². The number of rotatable bonds is 6. The van der Waals surface area contributed by atoms with Crippen molar-refractivity contribution in [3.63, 3.8) is 0 Å². The van der Waals surface area contributed by atoms with Crippen LogP contribution in [0.4, 0.5) is 10.5 Å². The van der Waals surface area contributed by atoms with Crippen molar-refractivity contribution in [1.82, 2.24) is 20.2 Å². The third kappa shape index (κ3) is 4.71. The van der Waals surface area contributed by atoms with Crippen LogP contribution in [-0.2, 0) is 0 Å². The van der Waals surface area contributed by atoms with Gasteiger partial charge < -0.3 is 19.8 Å². The molecule has 33 heavy (non-hydrogen) atoms. The number of amides is 2. The number of methoxy groups -OCH3 is 1. The van der Waals surface area contributed by atoms with Crippen molar-refractivity contribution in [1.29, 1.82) is 0 Å². The number of benzene rings is 1. The van der Waals surface area contributed by atoms with Crippen molar-refractivity contribution in [2.75, 3.05) is 32.1 Å². The lowest BCUT2D eigenvalue weighted by Gasteiger charge is -2.49. The van der Waals surface area contributed by atoms with E-state index in [0.717, 1.165) is 60.3 Å². The van der Waals surface area contributed by atoms with Crippen LogP contribution in [0.5, 0.6) is 5.75 Å². The normalized spacial score (nSPS) is 23.8. The summed E-state index contributed by atoms with van der Waals surface area (Å²) in [5.41, 5.74) is 2.67. The van der Waals surface area contributed by atoms with Gasteiger partial charge >= 0.3 is 6.03 Å². The fraction of sp³-hybridized carbons (Fsp3) is 0.400. The number of furan rings is 1. The average molecular weight is 448 g/mol. The smallest absolute Gasteiger partial charge is 0.319 e. The molecule has 2 aromatic heterocycles. The number of ether oxygens (including phenoxy) is 1. The summed E-state index contributed by atoms with van der Waals surface area (Å²) in [5.74, 6) is 3.22. The van der Waals surface area contributed by atoms with Crippen LogP contribution >= 0.6 is 0 Å². The Morgan fingerprint density at radius 2 is 2.09 bits per heavy atom. The van der Waals surface area contributed by atoms with E-state index >= 15 is 0 Å². The lowest BCUT2D eigenvalue weighted by atomic mass is 9.74. The number of hydrogen-bond acceptors (Lipinski definition) is 6. The monoisotopic (exact) mass is 447 g/mol. The second kappa shape index (κ2) is 9.23. The number of urea groups is 1. The van der Waals surface area contributed by atoms with Gasteiger partial charge in [0.05, 0.1) is 13.4 Å². The molecule has 4 atom stereocenters. The van der Waals surface area contributed by atoms with E-state index in [1.165, 1.54) is 0 Å². The highest BCUT2D eigenvalue weighted by atomic mass is 16.5. The summed E-state index contributed by atoms with van der Waals surface area (Å²) < 4.78 is 10.7. The Kier molecular flexibility index (Phi) is 6.00. The molecule has 8 heteroatoms. The fourth-order valence-corrected chi connectivity index (χ4v) is 5.08. The van der Waals surface area contributed by atoms with Gasteiger partial charge in [0.2, 0.25) is 0 Å². The van der Waals surface area contributed by atoms with Crippen LogP contribution in [-0.4, -0.2) is 53.7 Å². The molecule has 0 saturated carbocycles. The minimum absolute atomic E-state index is 0.186. The lowest BCUT2D eigenvalue weighted by Crippen LogP contribution is -2.56. The van der Waals surface area contributed by atoms with E-state index in [-0.39, 0.29) is 6.03 Å². The molecule has 3 aliphatic rings. The number of carbonyl (C=O) groups is 1. The topological polar surface area (TPSA) is 92.5 Å². The molecule has 3 aliphatic heterocycles. The molecule has 6 rings (SSSR count).